The van der Waals surface area contributed by atoms with Crippen LogP contribution in [0.5, 0.6) is 0 Å². The van der Waals surface area contributed by atoms with Crippen LogP contribution in [0.15, 0.2) is 29.2 Å². The van der Waals surface area contributed by atoms with Gasteiger partial charge in [-0.2, -0.15) is 5.26 Å². The maximum absolute atomic E-state index is 9.37. The van der Waals surface area contributed by atoms with E-state index in [1.54, 1.807) is 11.8 Å². The Morgan fingerprint density at radius 3 is 2.75 bits per heavy atom. The van der Waals surface area contributed by atoms with E-state index in [1.807, 2.05) is 0 Å². The van der Waals surface area contributed by atoms with Crippen LogP contribution in [0, 0.1) is 18.3 Å². The number of rotatable bonds is 2. The predicted molar refractivity (Wildman–Crippen MR) is 67.5 cm³/mol. The smallest absolute Gasteiger partial charge is 0.109 e. The Kier molecular flexibility index (Phi) is 3.52. The fraction of sp³-hybridized carbons (Fsp3) is 0.462. The molecule has 0 spiro atoms. The van der Waals surface area contributed by atoms with Crippen molar-refractivity contribution in [2.24, 2.45) is 0 Å². The van der Waals surface area contributed by atoms with Crippen molar-refractivity contribution >= 4 is 11.8 Å². The molecule has 1 aromatic rings. The third-order valence-corrected chi connectivity index (χ3v) is 4.30. The van der Waals surface area contributed by atoms with Gasteiger partial charge in [0.15, 0.2) is 0 Å². The number of thioether (sulfide) groups is 1. The molecule has 3 heteroatoms. The minimum absolute atomic E-state index is 0.223. The second-order valence-corrected chi connectivity index (χ2v) is 5.73. The summed E-state index contributed by atoms with van der Waals surface area (Å²) < 4.78 is -0.223. The first-order chi connectivity index (χ1) is 7.74. The van der Waals surface area contributed by atoms with Gasteiger partial charge in [-0.15, -0.1) is 11.8 Å². The number of benzene rings is 1. The standard InChI is InChI=1S/C13H16N2S/c1-11-3-2-4-12(9-11)16-13(10-14)5-7-15-8-6-13/h2-4,9,15H,5-8H2,1H3. The molecular formula is C13H16N2S. The topological polar surface area (TPSA) is 35.8 Å². The van der Waals surface area contributed by atoms with Crippen molar-refractivity contribution in [2.45, 2.75) is 29.4 Å². The molecule has 1 fully saturated rings. The van der Waals surface area contributed by atoms with Gasteiger partial charge in [0.25, 0.3) is 0 Å². The van der Waals surface area contributed by atoms with Crippen LogP contribution in [-0.2, 0) is 0 Å². The Labute approximate surface area is 101 Å². The summed E-state index contributed by atoms with van der Waals surface area (Å²) in [5.41, 5.74) is 1.26. The van der Waals surface area contributed by atoms with Crippen LogP contribution in [0.4, 0.5) is 0 Å². The van der Waals surface area contributed by atoms with E-state index in [9.17, 15) is 5.26 Å². The number of aryl methyl sites for hydroxylation is 1. The zero-order valence-corrected chi connectivity index (χ0v) is 10.3. The average Bonchev–Trinajstić information content (AvgIpc) is 2.30. The molecule has 1 aliphatic rings. The summed E-state index contributed by atoms with van der Waals surface area (Å²) in [4.78, 5) is 1.21. The monoisotopic (exact) mass is 232 g/mol. The van der Waals surface area contributed by atoms with Gasteiger partial charge in [0.1, 0.15) is 4.75 Å². The largest absolute Gasteiger partial charge is 0.317 e. The number of hydrogen-bond acceptors (Lipinski definition) is 3. The van der Waals surface area contributed by atoms with Gasteiger partial charge < -0.3 is 5.32 Å². The Hall–Kier alpha value is -0.980. The normalized spacial score (nSPS) is 19.0. The fourth-order valence-corrected chi connectivity index (χ4v) is 3.27. The molecule has 2 nitrogen and oxygen atoms in total. The number of piperidine rings is 1. The number of nitrogens with one attached hydrogen (secondary N) is 1. The summed E-state index contributed by atoms with van der Waals surface area (Å²) in [5.74, 6) is 0. The van der Waals surface area contributed by atoms with Crippen molar-refractivity contribution in [2.75, 3.05) is 13.1 Å². The third-order valence-electron chi connectivity index (χ3n) is 2.92. The Balaban J connectivity index is 2.15. The van der Waals surface area contributed by atoms with E-state index in [0.717, 1.165) is 25.9 Å². The molecule has 0 aromatic heterocycles. The van der Waals surface area contributed by atoms with E-state index in [0.29, 0.717) is 0 Å². The van der Waals surface area contributed by atoms with E-state index < -0.39 is 0 Å². The molecule has 0 radical (unpaired) electrons. The molecule has 1 N–H and O–H groups in total. The van der Waals surface area contributed by atoms with E-state index in [-0.39, 0.29) is 4.75 Å². The lowest BCUT2D eigenvalue weighted by Crippen LogP contribution is -2.38. The van der Waals surface area contributed by atoms with Crippen molar-refractivity contribution in [3.05, 3.63) is 29.8 Å². The summed E-state index contributed by atoms with van der Waals surface area (Å²) >= 11 is 1.73. The van der Waals surface area contributed by atoms with Crippen molar-refractivity contribution in [3.63, 3.8) is 0 Å². The molecule has 0 aliphatic carbocycles. The van der Waals surface area contributed by atoms with Gasteiger partial charge in [0.2, 0.25) is 0 Å². The van der Waals surface area contributed by atoms with Crippen molar-refractivity contribution in [3.8, 4) is 6.07 Å². The Bertz CT molecular complexity index is 403. The lowest BCUT2D eigenvalue weighted by atomic mass is 9.99. The Morgan fingerprint density at radius 1 is 1.38 bits per heavy atom. The molecule has 0 amide bonds. The van der Waals surface area contributed by atoms with Crippen LogP contribution in [0.1, 0.15) is 18.4 Å². The minimum atomic E-state index is -0.223. The highest BCUT2D eigenvalue weighted by molar-refractivity contribution is 8.01. The summed E-state index contributed by atoms with van der Waals surface area (Å²) in [5, 5.41) is 12.7. The summed E-state index contributed by atoms with van der Waals surface area (Å²) in [7, 11) is 0. The highest BCUT2D eigenvalue weighted by atomic mass is 32.2. The van der Waals surface area contributed by atoms with Crippen LogP contribution >= 0.6 is 11.8 Å². The Morgan fingerprint density at radius 2 is 2.12 bits per heavy atom. The first kappa shape index (κ1) is 11.5. The highest BCUT2D eigenvalue weighted by Gasteiger charge is 2.33. The molecule has 1 aliphatic heterocycles. The molecule has 0 unspecified atom stereocenters. The van der Waals surface area contributed by atoms with E-state index >= 15 is 0 Å². The van der Waals surface area contributed by atoms with Crippen molar-refractivity contribution in [1.82, 2.24) is 5.32 Å². The zero-order valence-electron chi connectivity index (χ0n) is 9.49. The maximum Gasteiger partial charge on any atom is 0.109 e. The number of nitriles is 1. The lowest BCUT2D eigenvalue weighted by molar-refractivity contribution is 0.476. The highest BCUT2D eigenvalue weighted by Crippen LogP contribution is 2.39. The second kappa shape index (κ2) is 4.90. The summed E-state index contributed by atoms with van der Waals surface area (Å²) in [6.07, 6.45) is 1.87. The van der Waals surface area contributed by atoms with Crippen LogP contribution in [-0.4, -0.2) is 17.8 Å². The minimum Gasteiger partial charge on any atom is -0.317 e. The first-order valence-electron chi connectivity index (χ1n) is 5.62. The van der Waals surface area contributed by atoms with Gasteiger partial charge >= 0.3 is 0 Å². The van der Waals surface area contributed by atoms with Gasteiger partial charge in [-0.25, -0.2) is 0 Å². The molecule has 16 heavy (non-hydrogen) atoms. The molecule has 2 rings (SSSR count). The molecule has 0 atom stereocenters. The van der Waals surface area contributed by atoms with E-state index in [4.69, 9.17) is 0 Å². The van der Waals surface area contributed by atoms with E-state index in [1.165, 1.54) is 10.5 Å². The average molecular weight is 232 g/mol. The second-order valence-electron chi connectivity index (χ2n) is 4.27. The summed E-state index contributed by atoms with van der Waals surface area (Å²) in [6, 6.07) is 10.9. The molecule has 1 aromatic carbocycles. The molecule has 0 saturated carbocycles. The fourth-order valence-electron chi connectivity index (χ4n) is 1.97. The van der Waals surface area contributed by atoms with Gasteiger partial charge in [-0.05, 0) is 45.0 Å². The predicted octanol–water partition coefficient (Wildman–Crippen LogP) is 2.73. The van der Waals surface area contributed by atoms with Crippen molar-refractivity contribution in [1.29, 1.82) is 5.26 Å². The molecule has 1 heterocycles. The lowest BCUT2D eigenvalue weighted by Gasteiger charge is -2.30. The van der Waals surface area contributed by atoms with Crippen molar-refractivity contribution < 1.29 is 0 Å². The summed E-state index contributed by atoms with van der Waals surface area (Å²) in [6.45, 7) is 3.99. The van der Waals surface area contributed by atoms with Gasteiger partial charge in [-0.1, -0.05) is 17.7 Å². The van der Waals surface area contributed by atoms with E-state index in [2.05, 4.69) is 42.6 Å². The SMILES string of the molecule is Cc1cccc(SC2(C#N)CCNCC2)c1. The quantitative estimate of drug-likeness (QED) is 0.851. The first-order valence-corrected chi connectivity index (χ1v) is 6.43. The zero-order chi connectivity index (χ0) is 11.4. The third kappa shape index (κ3) is 2.58. The van der Waals surface area contributed by atoms with Gasteiger partial charge in [0, 0.05) is 4.90 Å². The van der Waals surface area contributed by atoms with Crippen LogP contribution in [0.2, 0.25) is 0 Å². The molecule has 0 bridgehead atoms. The molecule has 1 saturated heterocycles. The van der Waals surface area contributed by atoms with Gasteiger partial charge in [0.05, 0.1) is 6.07 Å². The number of hydrogen-bond donors (Lipinski definition) is 1. The van der Waals surface area contributed by atoms with Crippen LogP contribution in [0.3, 0.4) is 0 Å². The van der Waals surface area contributed by atoms with Crippen LogP contribution in [0.25, 0.3) is 0 Å². The number of nitrogens with zero attached hydrogens (tertiary/aromatic N) is 1. The maximum atomic E-state index is 9.37. The van der Waals surface area contributed by atoms with Crippen LogP contribution < -0.4 is 5.32 Å². The molecular weight excluding hydrogens is 216 g/mol. The van der Waals surface area contributed by atoms with Gasteiger partial charge in [-0.3, -0.25) is 0 Å². The molecule has 84 valence electrons.